The molecule has 4 nitrogen and oxygen atoms in total. The number of carbonyl (C=O) groups is 1. The van der Waals surface area contributed by atoms with Crippen molar-refractivity contribution in [2.45, 2.75) is 32.4 Å². The molecule has 0 aliphatic heterocycles. The highest BCUT2D eigenvalue weighted by atomic mass is 31.1. The third kappa shape index (κ3) is 6.75. The van der Waals surface area contributed by atoms with Crippen LogP contribution in [0.1, 0.15) is 26.2 Å². The van der Waals surface area contributed by atoms with E-state index in [0.29, 0.717) is 6.42 Å². The molecule has 0 amide bonds. The summed E-state index contributed by atoms with van der Waals surface area (Å²) < 4.78 is 26.9. The lowest BCUT2D eigenvalue weighted by Gasteiger charge is -2.02. The Morgan fingerprint density at radius 3 is 2.77 bits per heavy atom. The zero-order valence-corrected chi connectivity index (χ0v) is 8.30. The zero-order valence-electron chi connectivity index (χ0n) is 7.40. The van der Waals surface area contributed by atoms with Crippen molar-refractivity contribution in [1.29, 1.82) is 0 Å². The van der Waals surface area contributed by atoms with Crippen LogP contribution in [0.5, 0.6) is 0 Å². The van der Waals surface area contributed by atoms with Crippen LogP contribution < -0.4 is 0 Å². The minimum absolute atomic E-state index is 0.154. The van der Waals surface area contributed by atoms with Gasteiger partial charge < -0.3 is 0 Å². The van der Waals surface area contributed by atoms with Gasteiger partial charge in [0.1, 0.15) is 0 Å². The molecule has 2 unspecified atom stereocenters. The topological polar surface area (TPSA) is 63.6 Å². The summed E-state index contributed by atoms with van der Waals surface area (Å²) in [5, 5.41) is 0. The van der Waals surface area contributed by atoms with Crippen molar-refractivity contribution in [2.24, 2.45) is 0 Å². The van der Waals surface area contributed by atoms with Crippen LogP contribution in [-0.2, 0) is 13.9 Å². The van der Waals surface area contributed by atoms with Gasteiger partial charge in [0, 0.05) is 4.57 Å². The number of alkyl halides is 1. The summed E-state index contributed by atoms with van der Waals surface area (Å²) in [4.78, 5) is 19.0. The molecule has 13 heavy (non-hydrogen) atoms. The molecule has 0 radical (unpaired) electrons. The van der Waals surface area contributed by atoms with E-state index in [1.54, 1.807) is 0 Å². The fourth-order valence-corrected chi connectivity index (χ4v) is 0.991. The lowest BCUT2D eigenvalue weighted by Crippen LogP contribution is -2.19. The van der Waals surface area contributed by atoms with Crippen molar-refractivity contribution in [3.8, 4) is 0 Å². The SMILES string of the molecule is CCCCC(F)C(=O)CO[P+](=O)O. The number of Topliss-reactive ketones (excluding diaryl/α,β-unsaturated/α-hetero) is 1. The van der Waals surface area contributed by atoms with E-state index in [4.69, 9.17) is 4.89 Å². The summed E-state index contributed by atoms with van der Waals surface area (Å²) in [6, 6.07) is 0. The van der Waals surface area contributed by atoms with Gasteiger partial charge in [0.2, 0.25) is 0 Å². The number of halogens is 1. The molecule has 0 aliphatic carbocycles. The van der Waals surface area contributed by atoms with Crippen molar-refractivity contribution >= 4 is 14.0 Å². The van der Waals surface area contributed by atoms with Crippen LogP contribution in [0, 0.1) is 0 Å². The Bertz CT molecular complexity index is 185. The second kappa shape index (κ2) is 7.06. The number of rotatable bonds is 7. The molecule has 0 bridgehead atoms. The molecule has 0 rings (SSSR count). The number of ketones is 1. The van der Waals surface area contributed by atoms with E-state index < -0.39 is 26.8 Å². The molecule has 1 N–H and O–H groups in total. The summed E-state index contributed by atoms with van der Waals surface area (Å²) in [6.07, 6.45) is 0.0110. The molecular formula is C7H13FO4P+. The first-order valence-electron chi connectivity index (χ1n) is 4.03. The maximum absolute atomic E-state index is 12.8. The van der Waals surface area contributed by atoms with Crippen molar-refractivity contribution in [1.82, 2.24) is 0 Å². The molecule has 2 atom stereocenters. The summed E-state index contributed by atoms with van der Waals surface area (Å²) in [5.74, 6) is -0.772. The van der Waals surface area contributed by atoms with Gasteiger partial charge in [-0.15, -0.1) is 9.42 Å². The van der Waals surface area contributed by atoms with Crippen LogP contribution in [0.25, 0.3) is 0 Å². The molecule has 0 fully saturated rings. The predicted molar refractivity (Wildman–Crippen MR) is 45.2 cm³/mol. The van der Waals surface area contributed by atoms with Crippen molar-refractivity contribution < 1.29 is 23.2 Å². The highest BCUT2D eigenvalue weighted by molar-refractivity contribution is 7.32. The average Bonchev–Trinajstić information content (AvgIpc) is 2.10. The molecule has 0 aromatic rings. The molecule has 76 valence electrons. The molecule has 0 aromatic heterocycles. The van der Waals surface area contributed by atoms with Gasteiger partial charge in [0.05, 0.1) is 0 Å². The smallest absolute Gasteiger partial charge is 0.294 e. The fraction of sp³-hybridized carbons (Fsp3) is 0.857. The molecule has 6 heteroatoms. The van der Waals surface area contributed by atoms with E-state index in [-0.39, 0.29) is 6.42 Å². The van der Waals surface area contributed by atoms with Crippen LogP contribution >= 0.6 is 8.25 Å². The van der Waals surface area contributed by atoms with Gasteiger partial charge in [-0.05, 0) is 6.42 Å². The van der Waals surface area contributed by atoms with Gasteiger partial charge in [-0.3, -0.25) is 4.79 Å². The minimum Gasteiger partial charge on any atom is -0.294 e. The van der Waals surface area contributed by atoms with Gasteiger partial charge in [-0.2, -0.15) is 0 Å². The molecule has 0 saturated heterocycles. The standard InChI is InChI=1S/C7H12FO4P/c1-2-3-4-6(8)7(9)5-12-13(10)11/h6H,2-5H2,1H3/p+1. The summed E-state index contributed by atoms with van der Waals surface area (Å²) in [5.41, 5.74) is 0. The minimum atomic E-state index is -2.81. The van der Waals surface area contributed by atoms with Crippen LogP contribution in [0.15, 0.2) is 0 Å². The maximum Gasteiger partial charge on any atom is 0.695 e. The van der Waals surface area contributed by atoms with Crippen LogP contribution in [0.3, 0.4) is 0 Å². The van der Waals surface area contributed by atoms with Crippen molar-refractivity contribution in [2.75, 3.05) is 6.61 Å². The molecule has 0 aromatic carbocycles. The molecule has 0 spiro atoms. The third-order valence-corrected chi connectivity index (χ3v) is 1.83. The Balaban J connectivity index is 3.63. The highest BCUT2D eigenvalue weighted by Gasteiger charge is 2.22. The van der Waals surface area contributed by atoms with E-state index in [1.807, 2.05) is 6.92 Å². The average molecular weight is 211 g/mol. The largest absolute Gasteiger partial charge is 0.695 e. The maximum atomic E-state index is 12.8. The van der Waals surface area contributed by atoms with Crippen molar-refractivity contribution in [3.05, 3.63) is 0 Å². The van der Waals surface area contributed by atoms with E-state index in [9.17, 15) is 13.8 Å². The van der Waals surface area contributed by atoms with E-state index >= 15 is 0 Å². The first-order chi connectivity index (χ1) is 6.07. The lowest BCUT2D eigenvalue weighted by molar-refractivity contribution is -0.126. The normalized spacial score (nSPS) is 13.9. The highest BCUT2D eigenvalue weighted by Crippen LogP contribution is 2.15. The van der Waals surface area contributed by atoms with Crippen LogP contribution in [0.4, 0.5) is 4.39 Å². The first-order valence-corrected chi connectivity index (χ1v) is 5.16. The van der Waals surface area contributed by atoms with Gasteiger partial charge >= 0.3 is 8.25 Å². The lowest BCUT2D eigenvalue weighted by atomic mass is 10.1. The van der Waals surface area contributed by atoms with Gasteiger partial charge in [0.15, 0.2) is 18.6 Å². The van der Waals surface area contributed by atoms with Crippen molar-refractivity contribution in [3.63, 3.8) is 0 Å². The number of carbonyl (C=O) groups excluding carboxylic acids is 1. The first kappa shape index (κ1) is 12.6. The van der Waals surface area contributed by atoms with Gasteiger partial charge in [0.25, 0.3) is 0 Å². The molecule has 0 saturated carbocycles. The fourth-order valence-electron chi connectivity index (χ4n) is 0.754. The summed E-state index contributed by atoms with van der Waals surface area (Å²) >= 11 is 0. The second-order valence-electron chi connectivity index (χ2n) is 2.59. The Labute approximate surface area is 77.0 Å². The Kier molecular flexibility index (Phi) is 6.86. The predicted octanol–water partition coefficient (Wildman–Crippen LogP) is 1.75. The van der Waals surface area contributed by atoms with E-state index in [0.717, 1.165) is 6.42 Å². The summed E-state index contributed by atoms with van der Waals surface area (Å²) in [7, 11) is -2.81. The van der Waals surface area contributed by atoms with Crippen LogP contribution in [0.2, 0.25) is 0 Å². The van der Waals surface area contributed by atoms with E-state index in [1.165, 1.54) is 0 Å². The monoisotopic (exact) mass is 211 g/mol. The number of hydrogen-bond donors (Lipinski definition) is 1. The Morgan fingerprint density at radius 1 is 1.69 bits per heavy atom. The molecule has 0 aliphatic rings. The second-order valence-corrected chi connectivity index (χ2v) is 3.32. The van der Waals surface area contributed by atoms with Crippen LogP contribution in [-0.4, -0.2) is 23.5 Å². The summed E-state index contributed by atoms with van der Waals surface area (Å²) in [6.45, 7) is 1.26. The Hall–Kier alpha value is -0.380. The van der Waals surface area contributed by atoms with Gasteiger partial charge in [-0.25, -0.2) is 4.39 Å². The third-order valence-electron chi connectivity index (χ3n) is 1.48. The molecular weight excluding hydrogens is 198 g/mol. The van der Waals surface area contributed by atoms with Gasteiger partial charge in [-0.1, -0.05) is 19.8 Å². The quantitative estimate of drug-likeness (QED) is 0.651. The zero-order chi connectivity index (χ0) is 10.3. The number of unbranched alkanes of at least 4 members (excludes halogenated alkanes) is 1. The Morgan fingerprint density at radius 2 is 2.31 bits per heavy atom. The molecule has 0 heterocycles. The number of hydrogen-bond acceptors (Lipinski definition) is 3. The van der Waals surface area contributed by atoms with E-state index in [2.05, 4.69) is 4.52 Å².